The van der Waals surface area contributed by atoms with E-state index in [1.807, 2.05) is 16.5 Å². The lowest BCUT2D eigenvalue weighted by Gasteiger charge is -2.27. The molecule has 1 aliphatic carbocycles. The fraction of sp³-hybridized carbons (Fsp3) is 0.471. The first-order chi connectivity index (χ1) is 11.2. The van der Waals surface area contributed by atoms with Crippen LogP contribution >= 0.6 is 11.3 Å². The second-order valence-corrected chi connectivity index (χ2v) is 6.90. The zero-order valence-corrected chi connectivity index (χ0v) is 14.3. The topological polar surface area (TPSA) is 51.0 Å². The summed E-state index contributed by atoms with van der Waals surface area (Å²) in [7, 11) is 0. The van der Waals surface area contributed by atoms with Crippen LogP contribution in [0.1, 0.15) is 41.6 Å². The van der Waals surface area contributed by atoms with Gasteiger partial charge < -0.3 is 4.90 Å². The highest BCUT2D eigenvalue weighted by molar-refractivity contribution is 7.09. The molecule has 1 fully saturated rings. The number of amides is 1. The summed E-state index contributed by atoms with van der Waals surface area (Å²) in [6.45, 7) is 6.94. The molecule has 0 aromatic carbocycles. The molecular formula is C17H22N4OS. The van der Waals surface area contributed by atoms with Crippen LogP contribution in [0.15, 0.2) is 30.4 Å². The largest absolute Gasteiger partial charge is 0.334 e. The summed E-state index contributed by atoms with van der Waals surface area (Å²) in [5, 5.41) is 7.54. The fourth-order valence-corrected chi connectivity index (χ4v) is 3.43. The van der Waals surface area contributed by atoms with Crippen molar-refractivity contribution in [3.8, 4) is 0 Å². The van der Waals surface area contributed by atoms with Gasteiger partial charge in [0.2, 0.25) is 5.91 Å². The molecule has 122 valence electrons. The lowest BCUT2D eigenvalue weighted by molar-refractivity contribution is -0.126. The van der Waals surface area contributed by atoms with Crippen molar-refractivity contribution in [3.05, 3.63) is 46.7 Å². The zero-order valence-electron chi connectivity index (χ0n) is 13.4. The predicted octanol–water partition coefficient (Wildman–Crippen LogP) is 3.13. The van der Waals surface area contributed by atoms with Crippen molar-refractivity contribution < 1.29 is 4.79 Å². The molecule has 5 nitrogen and oxygen atoms in total. The third kappa shape index (κ3) is 3.52. The molecule has 0 bridgehead atoms. The van der Waals surface area contributed by atoms with E-state index in [-0.39, 0.29) is 5.91 Å². The second-order valence-electron chi connectivity index (χ2n) is 5.92. The molecule has 0 spiro atoms. The van der Waals surface area contributed by atoms with Gasteiger partial charge in [0.15, 0.2) is 0 Å². The van der Waals surface area contributed by atoms with Crippen molar-refractivity contribution >= 4 is 17.2 Å². The highest BCUT2D eigenvalue weighted by atomic mass is 32.1. The van der Waals surface area contributed by atoms with Crippen LogP contribution in [0.5, 0.6) is 0 Å². The van der Waals surface area contributed by atoms with Gasteiger partial charge in [-0.1, -0.05) is 6.58 Å². The molecule has 2 aromatic rings. The van der Waals surface area contributed by atoms with Crippen molar-refractivity contribution in [1.29, 1.82) is 0 Å². The number of hydrogen-bond acceptors (Lipinski definition) is 4. The van der Waals surface area contributed by atoms with E-state index < -0.39 is 0 Å². The third-order valence-electron chi connectivity index (χ3n) is 4.49. The van der Waals surface area contributed by atoms with Crippen LogP contribution in [0.25, 0.3) is 0 Å². The molecule has 1 amide bonds. The SMILES string of the molecule is C=CC(=O)N(CCc1nccs1)Cc1cnn(C2CCC2)c1C. The molecule has 0 atom stereocenters. The van der Waals surface area contributed by atoms with E-state index in [0.717, 1.165) is 17.0 Å². The monoisotopic (exact) mass is 330 g/mol. The number of carbonyl (C=O) groups is 1. The highest BCUT2D eigenvalue weighted by Gasteiger charge is 2.23. The van der Waals surface area contributed by atoms with Crippen LogP contribution in [0.2, 0.25) is 0 Å². The van der Waals surface area contributed by atoms with Gasteiger partial charge in [0.25, 0.3) is 0 Å². The number of carbonyl (C=O) groups excluding carboxylic acids is 1. The van der Waals surface area contributed by atoms with Crippen molar-refractivity contribution in [2.24, 2.45) is 0 Å². The van der Waals surface area contributed by atoms with E-state index in [4.69, 9.17) is 0 Å². The van der Waals surface area contributed by atoms with Crippen LogP contribution in [-0.4, -0.2) is 32.1 Å². The van der Waals surface area contributed by atoms with E-state index in [2.05, 4.69) is 28.3 Å². The van der Waals surface area contributed by atoms with Gasteiger partial charge in [-0.05, 0) is 32.3 Å². The van der Waals surface area contributed by atoms with Gasteiger partial charge in [-0.3, -0.25) is 9.48 Å². The van der Waals surface area contributed by atoms with Crippen LogP contribution in [-0.2, 0) is 17.8 Å². The van der Waals surface area contributed by atoms with Crippen molar-refractivity contribution in [1.82, 2.24) is 19.7 Å². The molecule has 2 aromatic heterocycles. The molecule has 0 N–H and O–H groups in total. The maximum Gasteiger partial charge on any atom is 0.246 e. The summed E-state index contributed by atoms with van der Waals surface area (Å²) < 4.78 is 2.12. The molecule has 0 aliphatic heterocycles. The van der Waals surface area contributed by atoms with Gasteiger partial charge in [-0.2, -0.15) is 5.10 Å². The highest BCUT2D eigenvalue weighted by Crippen LogP contribution is 2.32. The summed E-state index contributed by atoms with van der Waals surface area (Å²) in [4.78, 5) is 18.3. The summed E-state index contributed by atoms with van der Waals surface area (Å²) in [5.41, 5.74) is 2.29. The first-order valence-corrected chi connectivity index (χ1v) is 8.89. The average Bonchev–Trinajstić information content (AvgIpc) is 3.13. The third-order valence-corrected chi connectivity index (χ3v) is 5.33. The number of nitrogens with zero attached hydrogens (tertiary/aromatic N) is 4. The number of hydrogen-bond donors (Lipinski definition) is 0. The first kappa shape index (κ1) is 15.9. The van der Waals surface area contributed by atoms with Crippen LogP contribution < -0.4 is 0 Å². The molecular weight excluding hydrogens is 308 g/mol. The minimum atomic E-state index is -0.0441. The molecule has 1 aliphatic rings. The summed E-state index contributed by atoms with van der Waals surface area (Å²) in [6, 6.07) is 0.544. The maximum atomic E-state index is 12.2. The van der Waals surface area contributed by atoms with E-state index in [1.165, 1.54) is 31.0 Å². The van der Waals surface area contributed by atoms with Gasteiger partial charge >= 0.3 is 0 Å². The van der Waals surface area contributed by atoms with Gasteiger partial charge in [-0.25, -0.2) is 4.98 Å². The van der Waals surface area contributed by atoms with Crippen LogP contribution in [0.4, 0.5) is 0 Å². The lowest BCUT2D eigenvalue weighted by Crippen LogP contribution is -2.31. The Labute approximate surface area is 140 Å². The molecule has 2 heterocycles. The predicted molar refractivity (Wildman–Crippen MR) is 91.3 cm³/mol. The molecule has 23 heavy (non-hydrogen) atoms. The lowest BCUT2D eigenvalue weighted by atomic mass is 9.93. The average molecular weight is 330 g/mol. The van der Waals surface area contributed by atoms with Crippen molar-refractivity contribution in [2.45, 2.75) is 45.2 Å². The Morgan fingerprint density at radius 2 is 2.39 bits per heavy atom. The van der Waals surface area contributed by atoms with Crippen molar-refractivity contribution in [3.63, 3.8) is 0 Å². The quantitative estimate of drug-likeness (QED) is 0.733. The maximum absolute atomic E-state index is 12.2. The Morgan fingerprint density at radius 3 is 3.00 bits per heavy atom. The zero-order chi connectivity index (χ0) is 16.2. The Balaban J connectivity index is 1.69. The second kappa shape index (κ2) is 7.08. The number of aromatic nitrogens is 3. The molecule has 0 unspecified atom stereocenters. The molecule has 1 saturated carbocycles. The van der Waals surface area contributed by atoms with Gasteiger partial charge in [0.1, 0.15) is 0 Å². The van der Waals surface area contributed by atoms with Gasteiger partial charge in [0.05, 0.1) is 17.2 Å². The van der Waals surface area contributed by atoms with E-state index >= 15 is 0 Å². The van der Waals surface area contributed by atoms with Crippen molar-refractivity contribution in [2.75, 3.05) is 6.54 Å². The molecule has 0 saturated heterocycles. The summed E-state index contributed by atoms with van der Waals surface area (Å²) in [5.74, 6) is -0.0441. The minimum absolute atomic E-state index is 0.0441. The molecule has 0 radical (unpaired) electrons. The Morgan fingerprint density at radius 1 is 1.57 bits per heavy atom. The van der Waals surface area contributed by atoms with Crippen LogP contribution in [0.3, 0.4) is 0 Å². The number of rotatable bonds is 7. The normalized spacial score (nSPS) is 14.5. The molecule has 6 heteroatoms. The molecule has 3 rings (SSSR count). The van der Waals surface area contributed by atoms with E-state index in [1.54, 1.807) is 17.5 Å². The fourth-order valence-electron chi connectivity index (χ4n) is 2.82. The Kier molecular flexibility index (Phi) is 4.91. The van der Waals surface area contributed by atoms with Gasteiger partial charge in [-0.15, -0.1) is 11.3 Å². The van der Waals surface area contributed by atoms with E-state index in [9.17, 15) is 4.79 Å². The Bertz CT molecular complexity index is 673. The van der Waals surface area contributed by atoms with Crippen LogP contribution in [0, 0.1) is 6.92 Å². The summed E-state index contributed by atoms with van der Waals surface area (Å²) >= 11 is 1.62. The number of thiazole rings is 1. The van der Waals surface area contributed by atoms with E-state index in [0.29, 0.717) is 19.1 Å². The smallest absolute Gasteiger partial charge is 0.246 e. The standard InChI is InChI=1S/C17H22N4OS/c1-3-17(22)20(9-7-16-18-8-10-23-16)12-14-11-19-21(13(14)2)15-5-4-6-15/h3,8,10-11,15H,1,4-7,9,12H2,2H3. The Hall–Kier alpha value is -1.95. The minimum Gasteiger partial charge on any atom is -0.334 e. The van der Waals surface area contributed by atoms with Gasteiger partial charge in [0, 0.05) is 42.3 Å². The first-order valence-electron chi connectivity index (χ1n) is 8.01. The summed E-state index contributed by atoms with van der Waals surface area (Å²) in [6.07, 6.45) is 9.56.